The third kappa shape index (κ3) is 4.21. The Balaban J connectivity index is 1.83. The lowest BCUT2D eigenvalue weighted by atomic mass is 10.2. The van der Waals surface area contributed by atoms with Gasteiger partial charge in [0, 0.05) is 17.8 Å². The summed E-state index contributed by atoms with van der Waals surface area (Å²) < 4.78 is 7.51. The van der Waals surface area contributed by atoms with Crippen LogP contribution in [-0.4, -0.2) is 28.1 Å². The molecule has 1 heterocycles. The van der Waals surface area contributed by atoms with Gasteiger partial charge in [-0.05, 0) is 31.2 Å². The number of rotatable bonds is 7. The molecule has 0 fully saturated rings. The Labute approximate surface area is 123 Å². The molecule has 5 nitrogen and oxygen atoms in total. The second-order valence-electron chi connectivity index (χ2n) is 4.51. The fraction of sp³-hybridized carbons (Fsp3) is 0.429. The fourth-order valence-electron chi connectivity index (χ4n) is 1.76. The zero-order valence-electron chi connectivity index (χ0n) is 11.8. The number of nitrogens with one attached hydrogen (secondary N) is 1. The van der Waals surface area contributed by atoms with Crippen LogP contribution in [0.15, 0.2) is 24.4 Å². The first-order valence-electron chi connectivity index (χ1n) is 6.67. The van der Waals surface area contributed by atoms with E-state index in [9.17, 15) is 0 Å². The average molecular weight is 295 g/mol. The highest BCUT2D eigenvalue weighted by Gasteiger charge is 2.03. The van der Waals surface area contributed by atoms with Gasteiger partial charge in [0.15, 0.2) is 0 Å². The van der Waals surface area contributed by atoms with Gasteiger partial charge in [-0.15, -0.1) is 5.10 Å². The molecule has 1 aromatic carbocycles. The summed E-state index contributed by atoms with van der Waals surface area (Å²) >= 11 is 5.95. The van der Waals surface area contributed by atoms with E-state index in [1.807, 2.05) is 31.3 Å². The van der Waals surface area contributed by atoms with Crippen LogP contribution in [0.2, 0.25) is 5.02 Å². The lowest BCUT2D eigenvalue weighted by Gasteiger charge is -2.09. The predicted molar refractivity (Wildman–Crippen MR) is 79.1 cm³/mol. The first-order valence-corrected chi connectivity index (χ1v) is 7.05. The van der Waals surface area contributed by atoms with Gasteiger partial charge in [-0.1, -0.05) is 29.8 Å². The molecule has 1 N–H and O–H groups in total. The van der Waals surface area contributed by atoms with E-state index >= 15 is 0 Å². The molecule has 0 aliphatic heterocycles. The van der Waals surface area contributed by atoms with E-state index in [2.05, 4.69) is 22.6 Å². The van der Waals surface area contributed by atoms with Crippen LogP contribution >= 0.6 is 11.6 Å². The lowest BCUT2D eigenvalue weighted by molar-refractivity contribution is 0.288. The second kappa shape index (κ2) is 7.26. The molecule has 0 radical (unpaired) electrons. The normalized spacial score (nSPS) is 10.8. The molecule has 0 saturated heterocycles. The Morgan fingerprint density at radius 3 is 3.05 bits per heavy atom. The van der Waals surface area contributed by atoms with Crippen molar-refractivity contribution in [2.75, 3.05) is 13.2 Å². The molecule has 0 spiro atoms. The second-order valence-corrected chi connectivity index (χ2v) is 4.95. The van der Waals surface area contributed by atoms with Crippen LogP contribution in [0.3, 0.4) is 0 Å². The Morgan fingerprint density at radius 1 is 1.40 bits per heavy atom. The minimum atomic E-state index is 0.533. The lowest BCUT2D eigenvalue weighted by Crippen LogP contribution is -2.12. The summed E-state index contributed by atoms with van der Waals surface area (Å²) in [6.45, 7) is 6.91. The minimum absolute atomic E-state index is 0.533. The highest BCUT2D eigenvalue weighted by Crippen LogP contribution is 2.22. The van der Waals surface area contributed by atoms with Crippen molar-refractivity contribution < 1.29 is 4.74 Å². The van der Waals surface area contributed by atoms with Crippen LogP contribution < -0.4 is 10.1 Å². The highest BCUT2D eigenvalue weighted by atomic mass is 35.5. The maximum Gasteiger partial charge on any atom is 0.123 e. The Morgan fingerprint density at radius 2 is 2.25 bits per heavy atom. The van der Waals surface area contributed by atoms with Gasteiger partial charge >= 0.3 is 0 Å². The maximum absolute atomic E-state index is 5.95. The van der Waals surface area contributed by atoms with E-state index in [1.165, 1.54) is 0 Å². The van der Waals surface area contributed by atoms with Gasteiger partial charge in [0.1, 0.15) is 12.4 Å². The summed E-state index contributed by atoms with van der Waals surface area (Å²) in [6.07, 6.45) is 1.93. The smallest absolute Gasteiger partial charge is 0.123 e. The monoisotopic (exact) mass is 294 g/mol. The van der Waals surface area contributed by atoms with Crippen LogP contribution in [0, 0.1) is 6.92 Å². The largest absolute Gasteiger partial charge is 0.491 e. The molecule has 1 aromatic heterocycles. The van der Waals surface area contributed by atoms with E-state index < -0.39 is 0 Å². The van der Waals surface area contributed by atoms with Gasteiger partial charge in [-0.3, -0.25) is 0 Å². The van der Waals surface area contributed by atoms with E-state index in [4.69, 9.17) is 16.3 Å². The van der Waals surface area contributed by atoms with Crippen molar-refractivity contribution in [3.8, 4) is 5.75 Å². The van der Waals surface area contributed by atoms with Crippen LogP contribution in [0.4, 0.5) is 0 Å². The molecule has 0 aliphatic carbocycles. The molecule has 0 aliphatic rings. The summed E-state index contributed by atoms with van der Waals surface area (Å²) in [5.41, 5.74) is 2.01. The first-order chi connectivity index (χ1) is 9.69. The van der Waals surface area contributed by atoms with Crippen LogP contribution in [0.5, 0.6) is 5.75 Å². The van der Waals surface area contributed by atoms with Crippen molar-refractivity contribution in [2.45, 2.75) is 26.9 Å². The molecule has 0 bridgehead atoms. The molecular formula is C14H19ClN4O. The summed E-state index contributed by atoms with van der Waals surface area (Å²) in [4.78, 5) is 0. The molecule has 6 heteroatoms. The summed E-state index contributed by atoms with van der Waals surface area (Å²) in [5.74, 6) is 0.811. The summed E-state index contributed by atoms with van der Waals surface area (Å²) in [6, 6.07) is 5.63. The number of hydrogen-bond donors (Lipinski definition) is 1. The average Bonchev–Trinajstić information content (AvgIpc) is 2.88. The van der Waals surface area contributed by atoms with Gasteiger partial charge in [0.25, 0.3) is 0 Å². The molecule has 0 amide bonds. The third-order valence-electron chi connectivity index (χ3n) is 2.87. The van der Waals surface area contributed by atoms with E-state index in [-0.39, 0.29) is 0 Å². The van der Waals surface area contributed by atoms with Crippen molar-refractivity contribution in [3.63, 3.8) is 0 Å². The maximum atomic E-state index is 5.95. The topological polar surface area (TPSA) is 52.0 Å². The molecule has 0 unspecified atom stereocenters. The van der Waals surface area contributed by atoms with Crippen molar-refractivity contribution in [1.82, 2.24) is 20.3 Å². The number of halogens is 1. The molecule has 20 heavy (non-hydrogen) atoms. The molecule has 2 aromatic rings. The third-order valence-corrected chi connectivity index (χ3v) is 3.11. The van der Waals surface area contributed by atoms with Gasteiger partial charge in [0.05, 0.1) is 12.2 Å². The quantitative estimate of drug-likeness (QED) is 0.852. The number of aryl methyl sites for hydroxylation is 1. The summed E-state index contributed by atoms with van der Waals surface area (Å²) in [7, 11) is 0. The van der Waals surface area contributed by atoms with Crippen molar-refractivity contribution in [3.05, 3.63) is 40.7 Å². The highest BCUT2D eigenvalue weighted by molar-refractivity contribution is 6.30. The van der Waals surface area contributed by atoms with Gasteiger partial charge < -0.3 is 10.1 Å². The number of nitrogens with zero attached hydrogens (tertiary/aromatic N) is 3. The van der Waals surface area contributed by atoms with Crippen LogP contribution in [-0.2, 0) is 13.1 Å². The Hall–Kier alpha value is -1.59. The zero-order chi connectivity index (χ0) is 14.4. The SMILES string of the molecule is CCNCc1cn(CCOc2cc(Cl)ccc2C)nn1. The van der Waals surface area contributed by atoms with Gasteiger partial charge in [-0.2, -0.15) is 0 Å². The van der Waals surface area contributed by atoms with Crippen molar-refractivity contribution in [2.24, 2.45) is 0 Å². The van der Waals surface area contributed by atoms with Crippen LogP contribution in [0.1, 0.15) is 18.2 Å². The summed E-state index contributed by atoms with van der Waals surface area (Å²) in [5, 5.41) is 12.0. The van der Waals surface area contributed by atoms with E-state index in [1.54, 1.807) is 4.68 Å². The van der Waals surface area contributed by atoms with Gasteiger partial charge in [0.2, 0.25) is 0 Å². The molecule has 2 rings (SSSR count). The Bertz CT molecular complexity index is 556. The zero-order valence-corrected chi connectivity index (χ0v) is 12.5. The number of hydrogen-bond acceptors (Lipinski definition) is 4. The molecule has 108 valence electrons. The minimum Gasteiger partial charge on any atom is -0.491 e. The molecule has 0 atom stereocenters. The van der Waals surface area contributed by atoms with Crippen molar-refractivity contribution >= 4 is 11.6 Å². The van der Waals surface area contributed by atoms with Crippen molar-refractivity contribution in [1.29, 1.82) is 0 Å². The molecular weight excluding hydrogens is 276 g/mol. The predicted octanol–water partition coefficient (Wildman–Crippen LogP) is 2.43. The van der Waals surface area contributed by atoms with E-state index in [0.29, 0.717) is 18.2 Å². The standard InChI is InChI=1S/C14H19ClN4O/c1-3-16-9-13-10-19(18-17-13)6-7-20-14-8-12(15)5-4-11(14)2/h4-5,8,10,16H,3,6-7,9H2,1-2H3. The Kier molecular flexibility index (Phi) is 5.38. The fourth-order valence-corrected chi connectivity index (χ4v) is 1.92. The number of aromatic nitrogens is 3. The number of benzene rings is 1. The van der Waals surface area contributed by atoms with Gasteiger partial charge in [-0.25, -0.2) is 4.68 Å². The van der Waals surface area contributed by atoms with E-state index in [0.717, 1.165) is 30.1 Å². The number of ether oxygens (including phenoxy) is 1. The first kappa shape index (κ1) is 14.8. The molecule has 0 saturated carbocycles. The van der Waals surface area contributed by atoms with Crippen LogP contribution in [0.25, 0.3) is 0 Å².